The second-order valence-corrected chi connectivity index (χ2v) is 6.12. The van der Waals surface area contributed by atoms with E-state index in [4.69, 9.17) is 4.74 Å². The molecule has 1 fully saturated rings. The number of aliphatic hydroxyl groups excluding tert-OH is 1. The first-order valence-corrected chi connectivity index (χ1v) is 8.11. The van der Waals surface area contributed by atoms with E-state index >= 15 is 0 Å². The maximum Gasteiger partial charge on any atom is 0.271 e. The third kappa shape index (κ3) is 3.89. The van der Waals surface area contributed by atoms with E-state index in [9.17, 15) is 9.90 Å². The van der Waals surface area contributed by atoms with Gasteiger partial charge in [-0.15, -0.1) is 5.10 Å². The van der Waals surface area contributed by atoms with Crippen molar-refractivity contribution < 1.29 is 14.6 Å². The molecule has 6 heteroatoms. The standard InChI is InChI=1S/C18H21N3O3/c1-12-4-7-14(8-5-12)24-16-9-6-13(17(16)22)11-19-18(23)15-3-2-10-20-21-15/h2-5,7-8,10,13,16-17,22H,6,9,11H2,1H3,(H,19,23)/t13-,16-,17-/m1/s1. The normalized spacial score (nSPS) is 23.0. The minimum absolute atomic E-state index is 0.0268. The topological polar surface area (TPSA) is 84.3 Å². The number of benzene rings is 1. The molecule has 0 unspecified atom stereocenters. The lowest BCUT2D eigenvalue weighted by atomic mass is 10.1. The van der Waals surface area contributed by atoms with E-state index in [2.05, 4.69) is 15.5 Å². The Balaban J connectivity index is 1.51. The van der Waals surface area contributed by atoms with Crippen LogP contribution in [-0.2, 0) is 0 Å². The molecule has 1 saturated carbocycles. The van der Waals surface area contributed by atoms with Gasteiger partial charge in [-0.25, -0.2) is 0 Å². The van der Waals surface area contributed by atoms with E-state index in [0.717, 1.165) is 18.6 Å². The molecule has 1 aromatic carbocycles. The van der Waals surface area contributed by atoms with Crippen LogP contribution in [0.15, 0.2) is 42.6 Å². The lowest BCUT2D eigenvalue weighted by molar-refractivity contribution is 0.0348. The molecule has 1 heterocycles. The minimum atomic E-state index is -0.603. The van der Waals surface area contributed by atoms with Gasteiger partial charge in [0, 0.05) is 18.7 Å². The highest BCUT2D eigenvalue weighted by Gasteiger charge is 2.36. The number of ether oxygens (including phenoxy) is 1. The predicted molar refractivity (Wildman–Crippen MR) is 88.7 cm³/mol. The highest BCUT2D eigenvalue weighted by atomic mass is 16.5. The Morgan fingerprint density at radius 2 is 2.08 bits per heavy atom. The number of carbonyl (C=O) groups excluding carboxylic acids is 1. The van der Waals surface area contributed by atoms with Gasteiger partial charge >= 0.3 is 0 Å². The van der Waals surface area contributed by atoms with Crippen molar-refractivity contribution in [2.24, 2.45) is 5.92 Å². The monoisotopic (exact) mass is 327 g/mol. The van der Waals surface area contributed by atoms with E-state index in [-0.39, 0.29) is 23.6 Å². The van der Waals surface area contributed by atoms with Gasteiger partial charge in [0.2, 0.25) is 0 Å². The van der Waals surface area contributed by atoms with Crippen LogP contribution in [0.2, 0.25) is 0 Å². The smallest absolute Gasteiger partial charge is 0.271 e. The van der Waals surface area contributed by atoms with Crippen molar-refractivity contribution in [3.63, 3.8) is 0 Å². The van der Waals surface area contributed by atoms with Crippen LogP contribution in [0, 0.1) is 12.8 Å². The SMILES string of the molecule is Cc1ccc(O[C@@H]2CC[C@H](CNC(=O)c3cccnn3)[C@H]2O)cc1. The Morgan fingerprint density at radius 1 is 1.29 bits per heavy atom. The number of rotatable bonds is 5. The van der Waals surface area contributed by atoms with Gasteiger partial charge in [-0.2, -0.15) is 5.10 Å². The number of aryl methyl sites for hydroxylation is 1. The maximum atomic E-state index is 12.0. The molecule has 1 aromatic heterocycles. The Hall–Kier alpha value is -2.47. The van der Waals surface area contributed by atoms with Crippen molar-refractivity contribution in [2.75, 3.05) is 6.54 Å². The molecule has 0 bridgehead atoms. The fourth-order valence-corrected chi connectivity index (χ4v) is 2.90. The average molecular weight is 327 g/mol. The van der Waals surface area contributed by atoms with Gasteiger partial charge in [0.1, 0.15) is 11.9 Å². The van der Waals surface area contributed by atoms with Crippen molar-refractivity contribution in [3.8, 4) is 5.75 Å². The first-order valence-electron chi connectivity index (χ1n) is 8.11. The summed E-state index contributed by atoms with van der Waals surface area (Å²) in [6, 6.07) is 11.1. The molecule has 1 aliphatic rings. The zero-order valence-electron chi connectivity index (χ0n) is 13.6. The van der Waals surface area contributed by atoms with E-state index in [0.29, 0.717) is 6.54 Å². The number of aromatic nitrogens is 2. The molecular weight excluding hydrogens is 306 g/mol. The van der Waals surface area contributed by atoms with Crippen LogP contribution >= 0.6 is 0 Å². The summed E-state index contributed by atoms with van der Waals surface area (Å²) in [6.07, 6.45) is 2.24. The zero-order chi connectivity index (χ0) is 16.9. The van der Waals surface area contributed by atoms with Gasteiger partial charge < -0.3 is 15.2 Å². The molecule has 3 rings (SSSR count). The average Bonchev–Trinajstić information content (AvgIpc) is 2.95. The Kier molecular flexibility index (Phi) is 5.05. The largest absolute Gasteiger partial charge is 0.488 e. The Bertz CT molecular complexity index is 676. The van der Waals surface area contributed by atoms with Crippen LogP contribution in [0.1, 0.15) is 28.9 Å². The van der Waals surface area contributed by atoms with Crippen molar-refractivity contribution >= 4 is 5.91 Å². The van der Waals surface area contributed by atoms with Crippen LogP contribution < -0.4 is 10.1 Å². The van der Waals surface area contributed by atoms with Crippen LogP contribution in [0.25, 0.3) is 0 Å². The molecule has 2 aromatic rings. The van der Waals surface area contributed by atoms with Crippen molar-refractivity contribution in [3.05, 3.63) is 53.9 Å². The number of amides is 1. The molecule has 0 saturated heterocycles. The van der Waals surface area contributed by atoms with Crippen molar-refractivity contribution in [1.29, 1.82) is 0 Å². The summed E-state index contributed by atoms with van der Waals surface area (Å²) in [5.41, 5.74) is 1.44. The van der Waals surface area contributed by atoms with E-state index in [1.165, 1.54) is 11.8 Å². The van der Waals surface area contributed by atoms with Crippen LogP contribution in [0.4, 0.5) is 0 Å². The second-order valence-electron chi connectivity index (χ2n) is 6.12. The summed E-state index contributed by atoms with van der Waals surface area (Å²) < 4.78 is 5.88. The van der Waals surface area contributed by atoms with Crippen molar-refractivity contribution in [2.45, 2.75) is 32.0 Å². The minimum Gasteiger partial charge on any atom is -0.488 e. The number of aliphatic hydroxyl groups is 1. The lowest BCUT2D eigenvalue weighted by Gasteiger charge is -2.21. The van der Waals surface area contributed by atoms with E-state index in [1.807, 2.05) is 31.2 Å². The van der Waals surface area contributed by atoms with Crippen molar-refractivity contribution in [1.82, 2.24) is 15.5 Å². The molecule has 1 amide bonds. The molecular formula is C18H21N3O3. The van der Waals surface area contributed by atoms with Crippen LogP contribution in [-0.4, -0.2) is 40.0 Å². The molecule has 6 nitrogen and oxygen atoms in total. The molecule has 0 radical (unpaired) electrons. The van der Waals surface area contributed by atoms with E-state index in [1.54, 1.807) is 12.1 Å². The summed E-state index contributed by atoms with van der Waals surface area (Å²) >= 11 is 0. The third-order valence-corrected chi connectivity index (χ3v) is 4.32. The lowest BCUT2D eigenvalue weighted by Crippen LogP contribution is -2.37. The summed E-state index contributed by atoms with van der Waals surface area (Å²) in [5.74, 6) is 0.452. The van der Waals surface area contributed by atoms with Crippen LogP contribution in [0.5, 0.6) is 5.75 Å². The summed E-state index contributed by atoms with van der Waals surface area (Å²) in [6.45, 7) is 2.41. The van der Waals surface area contributed by atoms with Crippen LogP contribution in [0.3, 0.4) is 0 Å². The fraction of sp³-hybridized carbons (Fsp3) is 0.389. The van der Waals surface area contributed by atoms with Gasteiger partial charge in [-0.1, -0.05) is 17.7 Å². The first-order chi connectivity index (χ1) is 11.6. The highest BCUT2D eigenvalue weighted by Crippen LogP contribution is 2.29. The van der Waals surface area contributed by atoms with Gasteiger partial charge in [-0.05, 0) is 44.0 Å². The number of hydrogen-bond donors (Lipinski definition) is 2. The van der Waals surface area contributed by atoms with Gasteiger partial charge in [-0.3, -0.25) is 4.79 Å². The molecule has 1 aliphatic carbocycles. The number of carbonyl (C=O) groups is 1. The molecule has 0 aliphatic heterocycles. The fourth-order valence-electron chi connectivity index (χ4n) is 2.90. The summed E-state index contributed by atoms with van der Waals surface area (Å²) in [4.78, 5) is 12.0. The molecule has 24 heavy (non-hydrogen) atoms. The summed E-state index contributed by atoms with van der Waals surface area (Å²) in [7, 11) is 0. The molecule has 126 valence electrons. The summed E-state index contributed by atoms with van der Waals surface area (Å²) in [5, 5.41) is 20.7. The second kappa shape index (κ2) is 7.40. The Labute approximate surface area is 140 Å². The predicted octanol–water partition coefficient (Wildman–Crippen LogP) is 1.73. The zero-order valence-corrected chi connectivity index (χ0v) is 13.6. The maximum absolute atomic E-state index is 12.0. The number of nitrogens with zero attached hydrogens (tertiary/aromatic N) is 2. The molecule has 2 N–H and O–H groups in total. The van der Waals surface area contributed by atoms with Gasteiger partial charge in [0.25, 0.3) is 5.91 Å². The van der Waals surface area contributed by atoms with Gasteiger partial charge in [0.05, 0.1) is 6.10 Å². The Morgan fingerprint density at radius 3 is 2.79 bits per heavy atom. The van der Waals surface area contributed by atoms with Gasteiger partial charge in [0.15, 0.2) is 5.69 Å². The number of hydrogen-bond acceptors (Lipinski definition) is 5. The third-order valence-electron chi connectivity index (χ3n) is 4.32. The molecule has 3 atom stereocenters. The van der Waals surface area contributed by atoms with E-state index < -0.39 is 6.10 Å². The highest BCUT2D eigenvalue weighted by molar-refractivity contribution is 5.91. The first kappa shape index (κ1) is 16.4. The molecule has 0 spiro atoms. The number of nitrogens with one attached hydrogen (secondary N) is 1. The quantitative estimate of drug-likeness (QED) is 0.874.